The van der Waals surface area contributed by atoms with E-state index in [9.17, 15) is 5.11 Å². The molecule has 2 rings (SSSR count). The maximum Gasteiger partial charge on any atom is 0.215 e. The molecular formula is C12H19N3O3. The predicted molar refractivity (Wildman–Crippen MR) is 68.7 cm³/mol. The minimum absolute atomic E-state index is 0.197. The van der Waals surface area contributed by atoms with Crippen molar-refractivity contribution in [1.29, 1.82) is 0 Å². The van der Waals surface area contributed by atoms with Gasteiger partial charge in [-0.15, -0.1) is 0 Å². The second-order valence-corrected chi connectivity index (χ2v) is 4.51. The normalized spacial score (nSPS) is 27.2. The van der Waals surface area contributed by atoms with Gasteiger partial charge in [0.15, 0.2) is 5.82 Å². The zero-order valence-corrected chi connectivity index (χ0v) is 10.6. The predicted octanol–water partition coefficient (Wildman–Crippen LogP) is 0.624. The number of anilines is 2. The molecule has 2 heterocycles. The quantitative estimate of drug-likeness (QED) is 0.729. The number of nitrogens with two attached hydrogens (primary N) is 1. The van der Waals surface area contributed by atoms with Crippen molar-refractivity contribution in [1.82, 2.24) is 4.98 Å². The second kappa shape index (κ2) is 4.99. The molecule has 0 aliphatic carbocycles. The summed E-state index contributed by atoms with van der Waals surface area (Å²) in [7, 11) is 1.54. The van der Waals surface area contributed by atoms with Gasteiger partial charge in [-0.3, -0.25) is 0 Å². The summed E-state index contributed by atoms with van der Waals surface area (Å²) in [5, 5.41) is 13.4. The number of rotatable bonds is 4. The Hall–Kier alpha value is -1.53. The highest BCUT2D eigenvalue weighted by Crippen LogP contribution is 2.27. The summed E-state index contributed by atoms with van der Waals surface area (Å²) in [6, 6.07) is 3.41. The molecule has 6 nitrogen and oxygen atoms in total. The molecule has 1 fully saturated rings. The van der Waals surface area contributed by atoms with E-state index in [0.717, 1.165) is 0 Å². The number of aliphatic hydroxyl groups is 1. The minimum Gasteiger partial charge on any atom is -0.481 e. The van der Waals surface area contributed by atoms with E-state index in [4.69, 9.17) is 15.2 Å². The van der Waals surface area contributed by atoms with E-state index in [1.807, 2.05) is 6.92 Å². The van der Waals surface area contributed by atoms with E-state index in [1.165, 1.54) is 0 Å². The first-order valence-electron chi connectivity index (χ1n) is 5.93. The van der Waals surface area contributed by atoms with Crippen LogP contribution < -0.4 is 15.8 Å². The van der Waals surface area contributed by atoms with Gasteiger partial charge in [0.25, 0.3) is 0 Å². The topological polar surface area (TPSA) is 89.6 Å². The summed E-state index contributed by atoms with van der Waals surface area (Å²) in [6.07, 6.45) is 0.405. The molecule has 1 aliphatic rings. The zero-order chi connectivity index (χ0) is 13.2. The monoisotopic (exact) mass is 253 g/mol. The van der Waals surface area contributed by atoms with Crippen LogP contribution in [0.5, 0.6) is 5.88 Å². The molecule has 0 amide bonds. The molecule has 6 heteroatoms. The van der Waals surface area contributed by atoms with Gasteiger partial charge in [-0.05, 0) is 13.0 Å². The van der Waals surface area contributed by atoms with Crippen LogP contribution in [0.2, 0.25) is 0 Å². The van der Waals surface area contributed by atoms with E-state index in [2.05, 4.69) is 10.3 Å². The lowest BCUT2D eigenvalue weighted by Gasteiger charge is -2.26. The van der Waals surface area contributed by atoms with E-state index in [0.29, 0.717) is 37.0 Å². The van der Waals surface area contributed by atoms with Gasteiger partial charge in [0.05, 0.1) is 18.9 Å². The Morgan fingerprint density at radius 2 is 2.44 bits per heavy atom. The first kappa shape index (κ1) is 12.9. The number of aromatic nitrogens is 1. The van der Waals surface area contributed by atoms with Crippen LogP contribution in [0.1, 0.15) is 13.3 Å². The SMILES string of the molecule is COc1ccc(N)c(NCC2(O)CCOC2C)n1. The van der Waals surface area contributed by atoms with Crippen molar-refractivity contribution in [2.75, 3.05) is 31.3 Å². The molecule has 2 atom stereocenters. The fourth-order valence-corrected chi connectivity index (χ4v) is 1.95. The Morgan fingerprint density at radius 3 is 3.06 bits per heavy atom. The average molecular weight is 253 g/mol. The number of methoxy groups -OCH3 is 1. The van der Waals surface area contributed by atoms with E-state index >= 15 is 0 Å². The number of ether oxygens (including phenoxy) is 2. The van der Waals surface area contributed by atoms with Gasteiger partial charge in [-0.25, -0.2) is 0 Å². The summed E-state index contributed by atoms with van der Waals surface area (Å²) in [5.41, 5.74) is 5.45. The van der Waals surface area contributed by atoms with Crippen molar-refractivity contribution < 1.29 is 14.6 Å². The second-order valence-electron chi connectivity index (χ2n) is 4.51. The Bertz CT molecular complexity index is 427. The molecule has 1 saturated heterocycles. The van der Waals surface area contributed by atoms with Gasteiger partial charge in [0.1, 0.15) is 5.60 Å². The highest BCUT2D eigenvalue weighted by atomic mass is 16.5. The minimum atomic E-state index is -0.878. The van der Waals surface area contributed by atoms with Crippen molar-refractivity contribution >= 4 is 11.5 Å². The fourth-order valence-electron chi connectivity index (χ4n) is 1.95. The van der Waals surface area contributed by atoms with Crippen molar-refractivity contribution in [2.45, 2.75) is 25.0 Å². The van der Waals surface area contributed by atoms with Gasteiger partial charge in [-0.1, -0.05) is 0 Å². The maximum atomic E-state index is 10.4. The van der Waals surface area contributed by atoms with Crippen LogP contribution in [0, 0.1) is 0 Å². The molecule has 0 saturated carbocycles. The molecule has 2 unspecified atom stereocenters. The van der Waals surface area contributed by atoms with Crippen molar-refractivity contribution in [3.05, 3.63) is 12.1 Å². The summed E-state index contributed by atoms with van der Waals surface area (Å²) in [4.78, 5) is 4.20. The van der Waals surface area contributed by atoms with E-state index < -0.39 is 5.60 Å². The molecular weight excluding hydrogens is 234 g/mol. The number of nitrogen functional groups attached to an aromatic ring is 1. The molecule has 0 spiro atoms. The van der Waals surface area contributed by atoms with Crippen molar-refractivity contribution in [3.63, 3.8) is 0 Å². The molecule has 0 bridgehead atoms. The smallest absolute Gasteiger partial charge is 0.215 e. The Kier molecular flexibility index (Phi) is 3.58. The first-order valence-corrected chi connectivity index (χ1v) is 5.93. The van der Waals surface area contributed by atoms with Gasteiger partial charge >= 0.3 is 0 Å². The zero-order valence-electron chi connectivity index (χ0n) is 10.6. The summed E-state index contributed by atoms with van der Waals surface area (Å²) in [5.74, 6) is 0.997. The lowest BCUT2D eigenvalue weighted by Crippen LogP contribution is -2.43. The van der Waals surface area contributed by atoms with Crippen molar-refractivity contribution in [2.24, 2.45) is 0 Å². The third-order valence-electron chi connectivity index (χ3n) is 3.33. The summed E-state index contributed by atoms with van der Waals surface area (Å²) < 4.78 is 10.4. The Balaban J connectivity index is 2.05. The number of nitrogens with zero attached hydrogens (tertiary/aromatic N) is 1. The molecule has 1 aromatic heterocycles. The standard InChI is InChI=1S/C12H19N3O3/c1-8-12(16,5-6-18-8)7-14-11-9(13)3-4-10(15-11)17-2/h3-4,8,16H,5-7,13H2,1-2H3,(H,14,15). The number of pyridine rings is 1. The molecule has 1 aromatic rings. The number of hydrogen-bond donors (Lipinski definition) is 3. The third kappa shape index (κ3) is 2.49. The van der Waals surface area contributed by atoms with Crippen LogP contribution in [0.4, 0.5) is 11.5 Å². The highest BCUT2D eigenvalue weighted by molar-refractivity contribution is 5.62. The van der Waals surface area contributed by atoms with Crippen LogP contribution in [0.15, 0.2) is 12.1 Å². The van der Waals surface area contributed by atoms with Gasteiger partial charge in [0.2, 0.25) is 5.88 Å². The average Bonchev–Trinajstić information content (AvgIpc) is 2.69. The largest absolute Gasteiger partial charge is 0.481 e. The van der Waals surface area contributed by atoms with E-state index in [1.54, 1.807) is 19.2 Å². The number of hydrogen-bond acceptors (Lipinski definition) is 6. The van der Waals surface area contributed by atoms with Crippen LogP contribution in [-0.4, -0.2) is 42.1 Å². The summed E-state index contributed by atoms with van der Waals surface area (Å²) in [6.45, 7) is 2.77. The first-order chi connectivity index (χ1) is 8.55. The van der Waals surface area contributed by atoms with Crippen LogP contribution in [0.3, 0.4) is 0 Å². The molecule has 100 valence electrons. The summed E-state index contributed by atoms with van der Waals surface area (Å²) >= 11 is 0. The van der Waals surface area contributed by atoms with Crippen LogP contribution in [0.25, 0.3) is 0 Å². The molecule has 1 aliphatic heterocycles. The van der Waals surface area contributed by atoms with Gasteiger partial charge in [-0.2, -0.15) is 4.98 Å². The van der Waals surface area contributed by atoms with Crippen LogP contribution >= 0.6 is 0 Å². The third-order valence-corrected chi connectivity index (χ3v) is 3.33. The lowest BCUT2D eigenvalue weighted by atomic mass is 9.97. The van der Waals surface area contributed by atoms with Gasteiger partial charge < -0.3 is 25.6 Å². The van der Waals surface area contributed by atoms with Crippen LogP contribution in [-0.2, 0) is 4.74 Å². The Labute approximate surface area is 106 Å². The molecule has 4 N–H and O–H groups in total. The molecule has 0 radical (unpaired) electrons. The van der Waals surface area contributed by atoms with Crippen molar-refractivity contribution in [3.8, 4) is 5.88 Å². The Morgan fingerprint density at radius 1 is 1.67 bits per heavy atom. The molecule has 18 heavy (non-hydrogen) atoms. The fraction of sp³-hybridized carbons (Fsp3) is 0.583. The number of nitrogens with one attached hydrogen (secondary N) is 1. The van der Waals surface area contributed by atoms with Gasteiger partial charge in [0, 0.05) is 25.6 Å². The molecule has 0 aromatic carbocycles. The maximum absolute atomic E-state index is 10.4. The highest BCUT2D eigenvalue weighted by Gasteiger charge is 2.39. The van der Waals surface area contributed by atoms with E-state index in [-0.39, 0.29) is 6.10 Å². The lowest BCUT2D eigenvalue weighted by molar-refractivity contribution is -0.0176.